The lowest BCUT2D eigenvalue weighted by atomic mass is 9.83. The molecule has 1 aliphatic rings. The molecule has 1 fully saturated rings. The number of nitrogens with zero attached hydrogens (tertiary/aromatic N) is 1. The van der Waals surface area contributed by atoms with Crippen LogP contribution in [-0.4, -0.2) is 62.4 Å². The zero-order valence-corrected chi connectivity index (χ0v) is 16.9. The molecule has 0 aromatic heterocycles. The average molecular weight is 412 g/mol. The first-order valence-electron chi connectivity index (χ1n) is 7.42. The van der Waals surface area contributed by atoms with Gasteiger partial charge in [-0.05, 0) is 37.4 Å². The standard InChI is InChI=1S/C12H27NO6P2S.ClH/c1-13(2)7-3-5-10(9-13)11(6-4-8-22)12(20(14,15)16)21(17,18)19;/h10-12H,3-9H2,1-2H3,(H4-,14,15,16,17,18,19,22);1H. The van der Waals surface area contributed by atoms with Gasteiger partial charge in [0.15, 0.2) is 5.40 Å². The summed E-state index contributed by atoms with van der Waals surface area (Å²) in [6, 6.07) is 0. The summed E-state index contributed by atoms with van der Waals surface area (Å²) in [4.78, 5) is 38.2. The normalized spacial score (nSPS) is 23.4. The molecule has 2 atom stereocenters. The molecular weight excluding hydrogens is 384 g/mol. The van der Waals surface area contributed by atoms with E-state index in [0.717, 1.165) is 19.4 Å². The minimum absolute atomic E-state index is 0. The summed E-state index contributed by atoms with van der Waals surface area (Å²) in [6.45, 7) is 1.64. The van der Waals surface area contributed by atoms with Crippen molar-refractivity contribution < 1.29 is 45.6 Å². The fourth-order valence-corrected chi connectivity index (χ4v) is 7.13. The van der Waals surface area contributed by atoms with Gasteiger partial charge in [-0.2, -0.15) is 12.6 Å². The number of likely N-dealkylation sites (tertiary alicyclic amines) is 1. The van der Waals surface area contributed by atoms with E-state index in [-0.39, 0.29) is 18.3 Å². The topological polar surface area (TPSA) is 115 Å². The average Bonchev–Trinajstić information content (AvgIpc) is 2.29. The second-order valence-corrected chi connectivity index (χ2v) is 11.2. The van der Waals surface area contributed by atoms with Crippen LogP contribution < -0.4 is 12.4 Å². The second-order valence-electron chi connectivity index (χ2n) is 6.87. The summed E-state index contributed by atoms with van der Waals surface area (Å²) in [5.74, 6) is -0.267. The lowest BCUT2D eigenvalue weighted by Gasteiger charge is -2.43. The van der Waals surface area contributed by atoms with Crippen molar-refractivity contribution in [3.8, 4) is 0 Å². The van der Waals surface area contributed by atoms with Crippen molar-refractivity contribution in [3.63, 3.8) is 0 Å². The van der Waals surface area contributed by atoms with Crippen molar-refractivity contribution in [2.24, 2.45) is 11.8 Å². The third-order valence-electron chi connectivity index (χ3n) is 4.44. The molecule has 1 aliphatic heterocycles. The number of piperidine rings is 1. The van der Waals surface area contributed by atoms with Crippen LogP contribution in [0.15, 0.2) is 0 Å². The number of quaternary nitrogens is 1. The molecule has 0 aliphatic carbocycles. The van der Waals surface area contributed by atoms with Crippen LogP contribution >= 0.6 is 27.8 Å². The summed E-state index contributed by atoms with van der Waals surface area (Å²) in [6.07, 6.45) is 2.59. The molecule has 4 N–H and O–H groups in total. The summed E-state index contributed by atoms with van der Waals surface area (Å²) in [7, 11) is -5.73. The quantitative estimate of drug-likeness (QED) is 0.197. The number of rotatable bonds is 7. The van der Waals surface area contributed by atoms with Crippen molar-refractivity contribution in [1.29, 1.82) is 0 Å². The molecule has 140 valence electrons. The molecule has 0 radical (unpaired) electrons. The third kappa shape index (κ3) is 7.35. The van der Waals surface area contributed by atoms with Crippen molar-refractivity contribution in [2.75, 3.05) is 32.9 Å². The Labute approximate surface area is 149 Å². The molecule has 0 bridgehead atoms. The Morgan fingerprint density at radius 1 is 1.17 bits per heavy atom. The molecule has 2 unspecified atom stereocenters. The number of halogens is 1. The van der Waals surface area contributed by atoms with Gasteiger partial charge in [-0.1, -0.05) is 0 Å². The molecule has 23 heavy (non-hydrogen) atoms. The van der Waals surface area contributed by atoms with Crippen LogP contribution in [-0.2, 0) is 9.13 Å². The largest absolute Gasteiger partial charge is 1.00 e. The first kappa shape index (κ1) is 23.9. The van der Waals surface area contributed by atoms with Gasteiger partial charge in [0.05, 0.1) is 27.2 Å². The van der Waals surface area contributed by atoms with Gasteiger partial charge in [-0.3, -0.25) is 9.13 Å². The maximum absolute atomic E-state index is 11.8. The first-order chi connectivity index (χ1) is 9.88. The van der Waals surface area contributed by atoms with Crippen LogP contribution in [0.2, 0.25) is 0 Å². The molecule has 1 saturated heterocycles. The molecule has 0 spiro atoms. The van der Waals surface area contributed by atoms with E-state index in [1.54, 1.807) is 0 Å². The van der Waals surface area contributed by atoms with Gasteiger partial charge in [0.25, 0.3) is 0 Å². The van der Waals surface area contributed by atoms with Crippen LogP contribution in [0.25, 0.3) is 0 Å². The van der Waals surface area contributed by atoms with E-state index in [9.17, 15) is 28.7 Å². The Balaban J connectivity index is 0.00000484. The minimum Gasteiger partial charge on any atom is -1.00 e. The van der Waals surface area contributed by atoms with Crippen molar-refractivity contribution in [3.05, 3.63) is 0 Å². The Kier molecular flexibility index (Phi) is 9.37. The molecule has 11 heteroatoms. The Hall–Kier alpha value is 0.900. The summed E-state index contributed by atoms with van der Waals surface area (Å²) in [5.41, 5.74) is 0. The number of thiol groups is 1. The fraction of sp³-hybridized carbons (Fsp3) is 1.00. The van der Waals surface area contributed by atoms with Crippen LogP contribution in [0.4, 0.5) is 0 Å². The fourth-order valence-electron chi connectivity index (χ4n) is 3.60. The van der Waals surface area contributed by atoms with Crippen LogP contribution in [0.1, 0.15) is 25.7 Å². The zero-order valence-electron chi connectivity index (χ0n) is 13.5. The molecule has 0 saturated carbocycles. The highest BCUT2D eigenvalue weighted by Gasteiger charge is 2.52. The van der Waals surface area contributed by atoms with Gasteiger partial charge in [0.2, 0.25) is 0 Å². The lowest BCUT2D eigenvalue weighted by Crippen LogP contribution is -3.00. The van der Waals surface area contributed by atoms with Gasteiger partial charge in [-0.15, -0.1) is 0 Å². The lowest BCUT2D eigenvalue weighted by molar-refractivity contribution is -0.899. The van der Waals surface area contributed by atoms with E-state index < -0.39 is 26.5 Å². The van der Waals surface area contributed by atoms with E-state index in [2.05, 4.69) is 12.6 Å². The molecule has 0 aromatic rings. The van der Waals surface area contributed by atoms with Crippen LogP contribution in [0.3, 0.4) is 0 Å². The van der Waals surface area contributed by atoms with Gasteiger partial charge in [-0.25, -0.2) is 0 Å². The van der Waals surface area contributed by atoms with Crippen molar-refractivity contribution >= 4 is 27.8 Å². The Bertz CT molecular complexity index is 446. The Morgan fingerprint density at radius 2 is 1.70 bits per heavy atom. The maximum atomic E-state index is 11.8. The van der Waals surface area contributed by atoms with E-state index in [0.29, 0.717) is 29.6 Å². The van der Waals surface area contributed by atoms with Crippen molar-refractivity contribution in [1.82, 2.24) is 0 Å². The molecule has 0 aromatic carbocycles. The summed E-state index contributed by atoms with van der Waals surface area (Å²) in [5, 5.41) is -1.90. The molecule has 1 heterocycles. The predicted molar refractivity (Wildman–Crippen MR) is 89.0 cm³/mol. The number of hydrogen-bond acceptors (Lipinski definition) is 3. The monoisotopic (exact) mass is 411 g/mol. The van der Waals surface area contributed by atoms with Gasteiger partial charge in [0, 0.05) is 5.92 Å². The summed E-state index contributed by atoms with van der Waals surface area (Å²) < 4.78 is 24.2. The third-order valence-corrected chi connectivity index (χ3v) is 8.71. The highest BCUT2D eigenvalue weighted by atomic mass is 35.5. The molecule has 0 amide bonds. The van der Waals surface area contributed by atoms with Crippen molar-refractivity contribution in [2.45, 2.75) is 31.1 Å². The highest BCUT2D eigenvalue weighted by Crippen LogP contribution is 2.65. The zero-order chi connectivity index (χ0) is 17.2. The predicted octanol–water partition coefficient (Wildman–Crippen LogP) is -1.52. The van der Waals surface area contributed by atoms with E-state index in [1.807, 2.05) is 14.1 Å². The second kappa shape index (κ2) is 9.02. The Morgan fingerprint density at radius 3 is 2.09 bits per heavy atom. The van der Waals surface area contributed by atoms with E-state index in [1.165, 1.54) is 0 Å². The van der Waals surface area contributed by atoms with Gasteiger partial charge in [0.1, 0.15) is 0 Å². The maximum Gasteiger partial charge on any atom is 0.340 e. The van der Waals surface area contributed by atoms with E-state index in [4.69, 9.17) is 0 Å². The van der Waals surface area contributed by atoms with E-state index >= 15 is 0 Å². The summed E-state index contributed by atoms with van der Waals surface area (Å²) >= 11 is 4.11. The highest BCUT2D eigenvalue weighted by molar-refractivity contribution is 7.80. The molecule has 7 nitrogen and oxygen atoms in total. The van der Waals surface area contributed by atoms with Crippen LogP contribution in [0, 0.1) is 11.8 Å². The molecule has 1 rings (SSSR count). The number of hydrogen-bond donors (Lipinski definition) is 5. The smallest absolute Gasteiger partial charge is 0.340 e. The SMILES string of the molecule is C[N+]1(C)CCCC(C(CCCS)C(P(=O)(O)O)P(=O)(O)O)C1.[Cl-]. The van der Waals surface area contributed by atoms with Gasteiger partial charge >= 0.3 is 15.2 Å². The minimum atomic E-state index is -4.90. The molecular formula is C12H28ClNO6P2S. The van der Waals surface area contributed by atoms with Crippen LogP contribution in [0.5, 0.6) is 0 Å². The first-order valence-corrected chi connectivity index (χ1v) is 11.4. The van der Waals surface area contributed by atoms with Gasteiger partial charge < -0.3 is 36.5 Å².